The molecule has 0 saturated carbocycles. The lowest BCUT2D eigenvalue weighted by atomic mass is 10.1. The quantitative estimate of drug-likeness (QED) is 0.731. The van der Waals surface area contributed by atoms with Crippen LogP contribution < -0.4 is 14.8 Å². The van der Waals surface area contributed by atoms with E-state index in [9.17, 15) is 0 Å². The summed E-state index contributed by atoms with van der Waals surface area (Å²) in [7, 11) is 3.26. The topological polar surface area (TPSA) is 55.2 Å². The average molecular weight is 371 g/mol. The maximum Gasteiger partial charge on any atom is 0.173 e. The van der Waals surface area contributed by atoms with Gasteiger partial charge in [-0.15, -0.1) is 0 Å². The molecule has 0 spiro atoms. The Morgan fingerprint density at radius 2 is 1.25 bits per heavy atom. The van der Waals surface area contributed by atoms with Gasteiger partial charge in [0.1, 0.15) is 11.7 Å². The van der Waals surface area contributed by atoms with E-state index in [1.807, 2.05) is 78.9 Å². The molecule has 0 saturated heterocycles. The zero-order valence-corrected chi connectivity index (χ0v) is 15.8. The van der Waals surface area contributed by atoms with Gasteiger partial charge in [-0.1, -0.05) is 72.8 Å². The van der Waals surface area contributed by atoms with Crippen molar-refractivity contribution in [1.29, 1.82) is 0 Å². The lowest BCUT2D eigenvalue weighted by molar-refractivity contribution is 0.349. The molecule has 0 aliphatic carbocycles. The predicted octanol–water partition coefficient (Wildman–Crippen LogP) is 4.20. The van der Waals surface area contributed by atoms with Crippen LogP contribution in [-0.2, 0) is 0 Å². The van der Waals surface area contributed by atoms with Gasteiger partial charge in [-0.3, -0.25) is 0 Å². The Morgan fingerprint density at radius 1 is 0.679 bits per heavy atom. The van der Waals surface area contributed by atoms with Crippen LogP contribution in [0.15, 0.2) is 88.8 Å². The molecule has 1 aliphatic heterocycles. The molecule has 0 fully saturated rings. The molecule has 1 aliphatic rings. The number of hydrogen-bond acceptors (Lipinski definition) is 5. The van der Waals surface area contributed by atoms with Crippen molar-refractivity contribution in [2.45, 2.75) is 6.17 Å². The molecule has 0 radical (unpaired) electrons. The molecular weight excluding hydrogens is 350 g/mol. The summed E-state index contributed by atoms with van der Waals surface area (Å²) in [5.74, 6) is 2.84. The number of benzene rings is 3. The Morgan fingerprint density at radius 3 is 1.75 bits per heavy atom. The van der Waals surface area contributed by atoms with Gasteiger partial charge in [-0.2, -0.15) is 0 Å². The predicted molar refractivity (Wildman–Crippen MR) is 111 cm³/mol. The normalized spacial score (nSPS) is 13.9. The number of amidine groups is 2. The summed E-state index contributed by atoms with van der Waals surface area (Å²) in [6, 6.07) is 25.8. The molecule has 0 amide bonds. The number of rotatable bonds is 5. The molecule has 5 nitrogen and oxygen atoms in total. The van der Waals surface area contributed by atoms with Crippen LogP contribution in [0.2, 0.25) is 0 Å². The maximum atomic E-state index is 5.62. The standard InChI is InChI=1S/C23H21N3O2/c1-27-19-15-9-14-18(20(19)28-2)23-25-21(16-10-5-3-6-11-16)24-22(26-23)17-12-7-4-8-13-17/h3-15,23H,1-2H3,(H,24,25,26). The van der Waals surface area contributed by atoms with Crippen LogP contribution in [0, 0.1) is 0 Å². The fourth-order valence-corrected chi connectivity index (χ4v) is 3.19. The summed E-state index contributed by atoms with van der Waals surface area (Å²) in [5.41, 5.74) is 2.85. The summed E-state index contributed by atoms with van der Waals surface area (Å²) < 4.78 is 11.1. The van der Waals surface area contributed by atoms with Crippen molar-refractivity contribution in [2.24, 2.45) is 9.98 Å². The minimum atomic E-state index is -0.447. The Kier molecular flexibility index (Phi) is 5.06. The number of hydrogen-bond donors (Lipinski definition) is 1. The van der Waals surface area contributed by atoms with Gasteiger partial charge in [0.05, 0.1) is 14.2 Å². The van der Waals surface area contributed by atoms with Crippen LogP contribution in [0.4, 0.5) is 0 Å². The van der Waals surface area contributed by atoms with Gasteiger partial charge in [0, 0.05) is 16.7 Å². The second-order valence-corrected chi connectivity index (χ2v) is 6.27. The van der Waals surface area contributed by atoms with Crippen LogP contribution in [0.3, 0.4) is 0 Å². The fourth-order valence-electron chi connectivity index (χ4n) is 3.19. The van der Waals surface area contributed by atoms with Gasteiger partial charge in [0.2, 0.25) is 0 Å². The summed E-state index contributed by atoms with van der Waals surface area (Å²) >= 11 is 0. The monoisotopic (exact) mass is 371 g/mol. The van der Waals surface area contributed by atoms with E-state index in [2.05, 4.69) is 5.32 Å². The molecule has 1 N–H and O–H groups in total. The van der Waals surface area contributed by atoms with Crippen molar-refractivity contribution >= 4 is 11.7 Å². The number of nitrogens with one attached hydrogen (secondary N) is 1. The first-order chi connectivity index (χ1) is 13.8. The molecule has 4 rings (SSSR count). The molecule has 3 aromatic carbocycles. The van der Waals surface area contributed by atoms with E-state index in [1.54, 1.807) is 14.2 Å². The molecule has 0 unspecified atom stereocenters. The Hall–Kier alpha value is -3.60. The van der Waals surface area contributed by atoms with E-state index < -0.39 is 6.17 Å². The Bertz CT molecular complexity index is 959. The van der Waals surface area contributed by atoms with Gasteiger partial charge in [0.25, 0.3) is 0 Å². The molecule has 5 heteroatoms. The fraction of sp³-hybridized carbons (Fsp3) is 0.130. The lowest BCUT2D eigenvalue weighted by Crippen LogP contribution is -2.36. The second-order valence-electron chi connectivity index (χ2n) is 6.27. The molecule has 140 valence electrons. The number of nitrogens with zero attached hydrogens (tertiary/aromatic N) is 2. The molecule has 0 aromatic heterocycles. The minimum absolute atomic E-state index is 0.447. The first-order valence-corrected chi connectivity index (χ1v) is 9.04. The summed E-state index contributed by atoms with van der Waals surface area (Å²) in [5, 5.41) is 3.38. The summed E-state index contributed by atoms with van der Waals surface area (Å²) in [6.45, 7) is 0. The van der Waals surface area contributed by atoms with Crippen molar-refractivity contribution in [3.8, 4) is 11.5 Å². The third-order valence-corrected chi connectivity index (χ3v) is 4.55. The smallest absolute Gasteiger partial charge is 0.173 e. The van der Waals surface area contributed by atoms with E-state index >= 15 is 0 Å². The molecule has 28 heavy (non-hydrogen) atoms. The van der Waals surface area contributed by atoms with Crippen molar-refractivity contribution < 1.29 is 9.47 Å². The maximum absolute atomic E-state index is 5.62. The second kappa shape index (κ2) is 7.96. The van der Waals surface area contributed by atoms with Crippen LogP contribution in [0.25, 0.3) is 0 Å². The van der Waals surface area contributed by atoms with Crippen LogP contribution in [-0.4, -0.2) is 25.9 Å². The first-order valence-electron chi connectivity index (χ1n) is 9.04. The van der Waals surface area contributed by atoms with Gasteiger partial charge in [-0.05, 0) is 6.07 Å². The van der Waals surface area contributed by atoms with Crippen molar-refractivity contribution in [3.05, 3.63) is 95.6 Å². The van der Waals surface area contributed by atoms with Gasteiger partial charge in [-0.25, -0.2) is 9.98 Å². The van der Waals surface area contributed by atoms with Crippen LogP contribution in [0.5, 0.6) is 11.5 Å². The average Bonchev–Trinajstić information content (AvgIpc) is 2.79. The molecule has 3 aromatic rings. The number of methoxy groups -OCH3 is 2. The Labute approximate surface area is 164 Å². The zero-order chi connectivity index (χ0) is 19.3. The third-order valence-electron chi connectivity index (χ3n) is 4.55. The summed E-state index contributed by atoms with van der Waals surface area (Å²) in [6.07, 6.45) is -0.447. The van der Waals surface area contributed by atoms with Crippen molar-refractivity contribution in [1.82, 2.24) is 5.32 Å². The van der Waals surface area contributed by atoms with E-state index in [-0.39, 0.29) is 0 Å². The third kappa shape index (κ3) is 3.47. The number of aliphatic imine (C=N–C) groups is 2. The van der Waals surface area contributed by atoms with Crippen LogP contribution >= 0.6 is 0 Å². The lowest BCUT2D eigenvalue weighted by Gasteiger charge is -2.23. The Balaban J connectivity index is 1.84. The highest BCUT2D eigenvalue weighted by Gasteiger charge is 2.24. The highest BCUT2D eigenvalue weighted by atomic mass is 16.5. The van der Waals surface area contributed by atoms with Gasteiger partial charge >= 0.3 is 0 Å². The van der Waals surface area contributed by atoms with E-state index in [1.165, 1.54) is 0 Å². The SMILES string of the molecule is COc1cccc(C2N=C(c3ccccc3)NC(c3ccccc3)=N2)c1OC. The molecular formula is C23H21N3O2. The van der Waals surface area contributed by atoms with Crippen molar-refractivity contribution in [2.75, 3.05) is 14.2 Å². The number of ether oxygens (including phenoxy) is 2. The molecule has 0 atom stereocenters. The van der Waals surface area contributed by atoms with E-state index in [4.69, 9.17) is 19.5 Å². The van der Waals surface area contributed by atoms with Crippen molar-refractivity contribution in [3.63, 3.8) is 0 Å². The first kappa shape index (κ1) is 17.8. The van der Waals surface area contributed by atoms with Gasteiger partial charge < -0.3 is 14.8 Å². The highest BCUT2D eigenvalue weighted by Crippen LogP contribution is 2.37. The largest absolute Gasteiger partial charge is 0.493 e. The minimum Gasteiger partial charge on any atom is -0.493 e. The molecule has 1 heterocycles. The van der Waals surface area contributed by atoms with E-state index in [0.29, 0.717) is 11.5 Å². The highest BCUT2D eigenvalue weighted by molar-refractivity contribution is 6.15. The van der Waals surface area contributed by atoms with Gasteiger partial charge in [0.15, 0.2) is 17.7 Å². The summed E-state index contributed by atoms with van der Waals surface area (Å²) in [4.78, 5) is 9.73. The zero-order valence-electron chi connectivity index (χ0n) is 15.8. The number of para-hydroxylation sites is 1. The van der Waals surface area contributed by atoms with Crippen LogP contribution in [0.1, 0.15) is 22.9 Å². The molecule has 0 bridgehead atoms. The van der Waals surface area contributed by atoms with E-state index in [0.717, 1.165) is 28.4 Å².